The van der Waals surface area contributed by atoms with E-state index in [9.17, 15) is 18.8 Å². The molecule has 154 valence electrons. The first-order chi connectivity index (χ1) is 14.3. The molecular formula is C20H14FNO6S2. The number of hydrogen-bond acceptors (Lipinski definition) is 7. The Balaban J connectivity index is 1.82. The molecule has 1 heterocycles. The van der Waals surface area contributed by atoms with Crippen LogP contribution in [0.25, 0.3) is 6.08 Å². The summed E-state index contributed by atoms with van der Waals surface area (Å²) in [5.41, 5.74) is 0.319. The summed E-state index contributed by atoms with van der Waals surface area (Å²) in [5, 5.41) is 8.89. The Hall–Kier alpha value is -3.24. The Morgan fingerprint density at radius 3 is 2.63 bits per heavy atom. The fraction of sp³-hybridized carbons (Fsp3) is 0.100. The molecule has 0 spiro atoms. The van der Waals surface area contributed by atoms with Crippen molar-refractivity contribution in [3.05, 3.63) is 64.3 Å². The number of thiocarbonyl (C=S) groups is 1. The number of nitrogens with zero attached hydrogens (tertiary/aromatic N) is 1. The van der Waals surface area contributed by atoms with Gasteiger partial charge in [-0.1, -0.05) is 42.2 Å². The van der Waals surface area contributed by atoms with E-state index >= 15 is 0 Å². The third-order valence-corrected chi connectivity index (χ3v) is 5.33. The van der Waals surface area contributed by atoms with E-state index in [4.69, 9.17) is 26.8 Å². The van der Waals surface area contributed by atoms with Gasteiger partial charge >= 0.3 is 11.9 Å². The maximum Gasteiger partial charge on any atom is 0.346 e. The van der Waals surface area contributed by atoms with Crippen molar-refractivity contribution in [2.24, 2.45) is 0 Å². The number of thioether (sulfide) groups is 1. The van der Waals surface area contributed by atoms with Crippen molar-refractivity contribution in [2.45, 2.75) is 0 Å². The highest BCUT2D eigenvalue weighted by atomic mass is 32.2. The van der Waals surface area contributed by atoms with Crippen molar-refractivity contribution < 1.29 is 33.4 Å². The van der Waals surface area contributed by atoms with Gasteiger partial charge in [0.25, 0.3) is 5.91 Å². The van der Waals surface area contributed by atoms with Gasteiger partial charge in [-0.25, -0.2) is 9.18 Å². The van der Waals surface area contributed by atoms with E-state index in [1.54, 1.807) is 6.07 Å². The van der Waals surface area contributed by atoms with Crippen LogP contribution in [-0.4, -0.2) is 45.8 Å². The van der Waals surface area contributed by atoms with Gasteiger partial charge in [0.1, 0.15) is 16.7 Å². The van der Waals surface area contributed by atoms with Gasteiger partial charge in [0.05, 0.1) is 17.6 Å². The van der Waals surface area contributed by atoms with Gasteiger partial charge in [-0.3, -0.25) is 14.5 Å². The Kier molecular flexibility index (Phi) is 6.48. The molecule has 10 heteroatoms. The number of benzene rings is 2. The molecule has 30 heavy (non-hydrogen) atoms. The molecule has 0 aliphatic carbocycles. The lowest BCUT2D eigenvalue weighted by atomic mass is 10.1. The van der Waals surface area contributed by atoms with Crippen LogP contribution in [0.1, 0.15) is 15.9 Å². The molecular weight excluding hydrogens is 433 g/mol. The molecule has 0 atom stereocenters. The van der Waals surface area contributed by atoms with Crippen LogP contribution < -0.4 is 9.47 Å². The van der Waals surface area contributed by atoms with Gasteiger partial charge in [0.2, 0.25) is 0 Å². The summed E-state index contributed by atoms with van der Waals surface area (Å²) < 4.78 is 24.4. The second-order valence-corrected chi connectivity index (χ2v) is 7.62. The standard InChI is InChI=1S/C20H14FNO6S2/c1-27-15-8-11(9-16-18(25)22(10-17(23)24)20(29)30-16)6-7-14(15)28-19(26)12-4-2-3-5-13(12)21/h2-9H,10H2,1H3,(H,23,24)/b16-9-. The normalized spacial score (nSPS) is 14.9. The fourth-order valence-corrected chi connectivity index (χ4v) is 3.82. The molecule has 1 N–H and O–H groups in total. The van der Waals surface area contributed by atoms with Gasteiger partial charge in [-0.2, -0.15) is 0 Å². The molecule has 3 rings (SSSR count). The van der Waals surface area contributed by atoms with Crippen LogP contribution in [0.2, 0.25) is 0 Å². The number of esters is 1. The largest absolute Gasteiger partial charge is 0.493 e. The van der Waals surface area contributed by atoms with Crippen molar-refractivity contribution >= 4 is 52.2 Å². The summed E-state index contributed by atoms with van der Waals surface area (Å²) in [6.07, 6.45) is 1.52. The molecule has 0 unspecified atom stereocenters. The molecule has 1 fully saturated rings. The maximum absolute atomic E-state index is 13.8. The predicted octanol–water partition coefficient (Wildman–Crippen LogP) is 3.34. The first-order valence-electron chi connectivity index (χ1n) is 8.42. The van der Waals surface area contributed by atoms with Crippen molar-refractivity contribution in [1.82, 2.24) is 4.90 Å². The maximum atomic E-state index is 13.8. The van der Waals surface area contributed by atoms with E-state index in [2.05, 4.69) is 0 Å². The number of aliphatic carboxylic acids is 1. The van der Waals surface area contributed by atoms with Crippen molar-refractivity contribution in [3.63, 3.8) is 0 Å². The number of carbonyl (C=O) groups excluding carboxylic acids is 2. The average Bonchev–Trinajstić information content (AvgIpc) is 2.96. The monoisotopic (exact) mass is 447 g/mol. The van der Waals surface area contributed by atoms with Crippen LogP contribution in [0.4, 0.5) is 4.39 Å². The summed E-state index contributed by atoms with van der Waals surface area (Å²) in [6.45, 7) is -0.518. The number of carboxylic acid groups (broad SMARTS) is 1. The highest BCUT2D eigenvalue weighted by molar-refractivity contribution is 8.26. The number of halogens is 1. The van der Waals surface area contributed by atoms with Crippen molar-refractivity contribution in [2.75, 3.05) is 13.7 Å². The summed E-state index contributed by atoms with van der Waals surface area (Å²) in [5.74, 6) is -3.01. The molecule has 7 nitrogen and oxygen atoms in total. The predicted molar refractivity (Wildman–Crippen MR) is 112 cm³/mol. The molecule has 0 saturated carbocycles. The lowest BCUT2D eigenvalue weighted by molar-refractivity contribution is -0.140. The van der Waals surface area contributed by atoms with Crippen LogP contribution >= 0.6 is 24.0 Å². The van der Waals surface area contributed by atoms with Crippen LogP contribution in [0.5, 0.6) is 11.5 Å². The van der Waals surface area contributed by atoms with Crippen molar-refractivity contribution in [3.8, 4) is 11.5 Å². The molecule has 2 aromatic rings. The molecule has 1 saturated heterocycles. The zero-order chi connectivity index (χ0) is 21.8. The van der Waals surface area contributed by atoms with Gasteiger partial charge in [-0.15, -0.1) is 0 Å². The van der Waals surface area contributed by atoms with Gasteiger partial charge in [0, 0.05) is 0 Å². The van der Waals surface area contributed by atoms with E-state index in [1.807, 2.05) is 0 Å². The smallest absolute Gasteiger partial charge is 0.346 e. The third kappa shape index (κ3) is 4.66. The zero-order valence-corrected chi connectivity index (χ0v) is 17.1. The summed E-state index contributed by atoms with van der Waals surface area (Å²) in [4.78, 5) is 36.7. The molecule has 1 amide bonds. The van der Waals surface area contributed by atoms with Crippen LogP contribution in [-0.2, 0) is 9.59 Å². The first kappa shape index (κ1) is 21.5. The first-order valence-corrected chi connectivity index (χ1v) is 9.64. The minimum absolute atomic E-state index is 0.0707. The van der Waals surface area contributed by atoms with Gasteiger partial charge in [0.15, 0.2) is 11.5 Å². The number of methoxy groups -OCH3 is 1. The second kappa shape index (κ2) is 9.06. The lowest BCUT2D eigenvalue weighted by Crippen LogP contribution is -2.33. The van der Waals surface area contributed by atoms with Gasteiger partial charge < -0.3 is 14.6 Å². The van der Waals surface area contributed by atoms with Gasteiger partial charge in [-0.05, 0) is 35.9 Å². The highest BCUT2D eigenvalue weighted by Crippen LogP contribution is 2.35. The number of hydrogen-bond donors (Lipinski definition) is 1. The minimum atomic E-state index is -1.17. The van der Waals surface area contributed by atoms with Crippen LogP contribution in [0.15, 0.2) is 47.4 Å². The lowest BCUT2D eigenvalue weighted by Gasteiger charge is -2.11. The number of carboxylic acids is 1. The number of amides is 1. The average molecular weight is 447 g/mol. The SMILES string of the molecule is COc1cc(/C=C2\SC(=S)N(CC(=O)O)C2=O)ccc1OC(=O)c1ccccc1F. The molecule has 0 radical (unpaired) electrons. The zero-order valence-electron chi connectivity index (χ0n) is 15.5. The van der Waals surface area contributed by atoms with Crippen LogP contribution in [0, 0.1) is 5.82 Å². The second-order valence-electron chi connectivity index (χ2n) is 5.94. The number of rotatable bonds is 6. The highest BCUT2D eigenvalue weighted by Gasteiger charge is 2.33. The molecule has 1 aliphatic heterocycles. The van der Waals surface area contributed by atoms with Crippen molar-refractivity contribution in [1.29, 1.82) is 0 Å². The quantitative estimate of drug-likeness (QED) is 0.312. The fourth-order valence-electron chi connectivity index (χ4n) is 2.56. The molecule has 0 bridgehead atoms. The number of ether oxygens (including phenoxy) is 2. The molecule has 2 aromatic carbocycles. The number of carbonyl (C=O) groups is 3. The summed E-state index contributed by atoms with van der Waals surface area (Å²) in [6, 6.07) is 9.96. The summed E-state index contributed by atoms with van der Waals surface area (Å²) >= 11 is 6.04. The van der Waals surface area contributed by atoms with E-state index in [0.717, 1.165) is 22.7 Å². The van der Waals surface area contributed by atoms with Crippen LogP contribution in [0.3, 0.4) is 0 Å². The van der Waals surface area contributed by atoms with E-state index in [0.29, 0.717) is 5.56 Å². The topological polar surface area (TPSA) is 93.1 Å². The van der Waals surface area contributed by atoms with E-state index < -0.39 is 30.2 Å². The summed E-state index contributed by atoms with van der Waals surface area (Å²) in [7, 11) is 1.37. The third-order valence-electron chi connectivity index (χ3n) is 3.95. The Morgan fingerprint density at radius 1 is 1.23 bits per heavy atom. The Morgan fingerprint density at radius 2 is 1.97 bits per heavy atom. The Bertz CT molecular complexity index is 1080. The molecule has 0 aromatic heterocycles. The van der Waals surface area contributed by atoms with E-state index in [-0.39, 0.29) is 26.3 Å². The molecule has 1 aliphatic rings. The van der Waals surface area contributed by atoms with E-state index in [1.165, 1.54) is 43.5 Å². The Labute approximate surface area is 180 Å². The minimum Gasteiger partial charge on any atom is -0.493 e.